The molecule has 0 unspecified atom stereocenters. The van der Waals surface area contributed by atoms with E-state index in [-0.39, 0.29) is 29.9 Å². The monoisotopic (exact) mass is 553 g/mol. The lowest BCUT2D eigenvalue weighted by Gasteiger charge is -2.39. The zero-order valence-corrected chi connectivity index (χ0v) is 23.7. The van der Waals surface area contributed by atoms with E-state index in [0.717, 1.165) is 42.5 Å². The molecule has 0 radical (unpaired) electrons. The van der Waals surface area contributed by atoms with Crippen LogP contribution in [0.25, 0.3) is 10.9 Å². The van der Waals surface area contributed by atoms with Crippen molar-refractivity contribution in [1.82, 2.24) is 24.8 Å². The summed E-state index contributed by atoms with van der Waals surface area (Å²) in [7, 11) is 3.73. The number of nitrogens with zero attached hydrogens (tertiary/aromatic N) is 5. The molecule has 1 amide bonds. The highest BCUT2D eigenvalue weighted by Crippen LogP contribution is 2.40. The quantitative estimate of drug-likeness (QED) is 0.455. The lowest BCUT2D eigenvalue weighted by Crippen LogP contribution is -2.42. The van der Waals surface area contributed by atoms with Crippen LogP contribution in [0, 0.1) is 5.41 Å². The Labute approximate surface area is 233 Å². The summed E-state index contributed by atoms with van der Waals surface area (Å²) < 4.78 is 7.24. The van der Waals surface area contributed by atoms with Crippen LogP contribution in [0.5, 0.6) is 5.75 Å². The molecule has 2 N–H and O–H groups in total. The molecule has 3 aromatic rings. The average molecular weight is 554 g/mol. The molecule has 208 valence electrons. The molecule has 2 saturated heterocycles. The number of anilines is 3. The number of aromatic nitrogens is 3. The number of nitrogens with one attached hydrogen (secondary N) is 2. The van der Waals surface area contributed by atoms with Crippen molar-refractivity contribution in [2.45, 2.75) is 39.2 Å². The first-order valence-electron chi connectivity index (χ1n) is 13.4. The van der Waals surface area contributed by atoms with E-state index in [4.69, 9.17) is 21.3 Å². The van der Waals surface area contributed by atoms with E-state index in [1.165, 1.54) is 26.6 Å². The van der Waals surface area contributed by atoms with E-state index in [9.17, 15) is 9.59 Å². The van der Waals surface area contributed by atoms with Crippen molar-refractivity contribution >= 4 is 45.9 Å². The van der Waals surface area contributed by atoms with Crippen molar-refractivity contribution in [1.29, 1.82) is 0 Å². The van der Waals surface area contributed by atoms with Crippen LogP contribution in [0.1, 0.15) is 39.2 Å². The fourth-order valence-corrected chi connectivity index (χ4v) is 5.85. The topological polar surface area (TPSA) is 105 Å². The molecule has 0 atom stereocenters. The molecule has 5 rings (SSSR count). The van der Waals surface area contributed by atoms with Crippen molar-refractivity contribution in [3.63, 3.8) is 0 Å². The van der Waals surface area contributed by atoms with Gasteiger partial charge in [-0.3, -0.25) is 9.59 Å². The Kier molecular flexibility index (Phi) is 7.68. The number of pyridine rings is 1. The Morgan fingerprint density at radius 1 is 1.18 bits per heavy atom. The molecule has 0 bridgehead atoms. The molecule has 4 heterocycles. The van der Waals surface area contributed by atoms with Crippen molar-refractivity contribution in [2.24, 2.45) is 5.41 Å². The smallest absolute Gasteiger partial charge is 0.293 e. The van der Waals surface area contributed by atoms with Gasteiger partial charge in [0.05, 0.1) is 11.7 Å². The fraction of sp³-hybridized carbons (Fsp3) is 0.500. The van der Waals surface area contributed by atoms with E-state index in [1.54, 1.807) is 16.8 Å². The highest BCUT2D eigenvalue weighted by molar-refractivity contribution is 6.32. The second-order valence-corrected chi connectivity index (χ2v) is 11.4. The van der Waals surface area contributed by atoms with Gasteiger partial charge in [-0.15, -0.1) is 0 Å². The predicted molar refractivity (Wildman–Crippen MR) is 154 cm³/mol. The highest BCUT2D eigenvalue weighted by atomic mass is 35.5. The Morgan fingerprint density at radius 3 is 2.59 bits per heavy atom. The molecule has 39 heavy (non-hydrogen) atoms. The zero-order chi connectivity index (χ0) is 27.7. The van der Waals surface area contributed by atoms with Gasteiger partial charge >= 0.3 is 0 Å². The number of amides is 1. The van der Waals surface area contributed by atoms with Crippen LogP contribution in [0.2, 0.25) is 5.02 Å². The van der Waals surface area contributed by atoms with E-state index in [1.807, 2.05) is 32.0 Å². The number of ether oxygens (including phenoxy) is 1. The Balaban J connectivity index is 1.39. The van der Waals surface area contributed by atoms with E-state index < -0.39 is 0 Å². The second-order valence-electron chi connectivity index (χ2n) is 11.0. The van der Waals surface area contributed by atoms with Gasteiger partial charge in [-0.1, -0.05) is 11.6 Å². The molecule has 1 aromatic carbocycles. The lowest BCUT2D eigenvalue weighted by atomic mass is 9.78. The first kappa shape index (κ1) is 27.2. The summed E-state index contributed by atoms with van der Waals surface area (Å²) in [4.78, 5) is 38.7. The summed E-state index contributed by atoms with van der Waals surface area (Å²) in [6.07, 6.45) is 5.18. The summed E-state index contributed by atoms with van der Waals surface area (Å²) in [5.41, 5.74) is 1.66. The predicted octanol–water partition coefficient (Wildman–Crippen LogP) is 3.82. The van der Waals surface area contributed by atoms with Crippen LogP contribution in [-0.4, -0.2) is 72.2 Å². The van der Waals surface area contributed by atoms with Crippen LogP contribution in [0.15, 0.2) is 35.3 Å². The van der Waals surface area contributed by atoms with Crippen LogP contribution in [0.4, 0.5) is 17.5 Å². The van der Waals surface area contributed by atoms with Gasteiger partial charge < -0.3 is 29.7 Å². The lowest BCUT2D eigenvalue weighted by molar-refractivity contribution is -0.122. The number of fused-ring (bicyclic) bond motifs is 1. The molecule has 2 aromatic heterocycles. The summed E-state index contributed by atoms with van der Waals surface area (Å²) >= 11 is 6.50. The maximum Gasteiger partial charge on any atom is 0.293 e. The molecule has 0 saturated carbocycles. The first-order chi connectivity index (χ1) is 18.7. The van der Waals surface area contributed by atoms with Gasteiger partial charge in [-0.25, -0.2) is 4.98 Å². The molecular formula is C28H36ClN7O3. The maximum absolute atomic E-state index is 13.1. The van der Waals surface area contributed by atoms with E-state index in [2.05, 4.69) is 32.5 Å². The first-order valence-corrected chi connectivity index (χ1v) is 13.8. The van der Waals surface area contributed by atoms with Gasteiger partial charge in [0.1, 0.15) is 5.02 Å². The van der Waals surface area contributed by atoms with E-state index >= 15 is 0 Å². The normalized spacial score (nSPS) is 17.2. The number of benzene rings is 1. The number of hydrogen-bond acceptors (Lipinski definition) is 8. The van der Waals surface area contributed by atoms with Crippen molar-refractivity contribution in [3.8, 4) is 5.75 Å². The van der Waals surface area contributed by atoms with Gasteiger partial charge in [-0.05, 0) is 76.4 Å². The third-order valence-corrected chi connectivity index (χ3v) is 8.16. The van der Waals surface area contributed by atoms with Gasteiger partial charge in [0.2, 0.25) is 5.95 Å². The zero-order valence-electron chi connectivity index (χ0n) is 23.0. The van der Waals surface area contributed by atoms with Gasteiger partial charge in [0, 0.05) is 43.8 Å². The van der Waals surface area contributed by atoms with Gasteiger partial charge in [-0.2, -0.15) is 4.98 Å². The van der Waals surface area contributed by atoms with Gasteiger partial charge in [0.25, 0.3) is 11.5 Å². The second kappa shape index (κ2) is 11.0. The van der Waals surface area contributed by atoms with Crippen molar-refractivity contribution in [3.05, 3.63) is 45.8 Å². The molecule has 1 spiro atoms. The number of likely N-dealkylation sites (tertiary alicyclic amines) is 1. The number of halogens is 1. The molecule has 2 aliphatic rings. The van der Waals surface area contributed by atoms with Crippen LogP contribution >= 0.6 is 11.6 Å². The average Bonchev–Trinajstić information content (AvgIpc) is 3.28. The molecule has 10 nitrogen and oxygen atoms in total. The van der Waals surface area contributed by atoms with Gasteiger partial charge in [0.15, 0.2) is 18.2 Å². The number of carbonyl (C=O) groups is 1. The Hall–Kier alpha value is -3.37. The number of hydrogen-bond donors (Lipinski definition) is 2. The molecule has 2 aliphatic heterocycles. The molecule has 11 heteroatoms. The minimum absolute atomic E-state index is 0.102. The largest absolute Gasteiger partial charge is 0.478 e. The summed E-state index contributed by atoms with van der Waals surface area (Å²) in [5.74, 6) is 1.00. The Bertz CT molecular complexity index is 1430. The number of rotatable bonds is 7. The summed E-state index contributed by atoms with van der Waals surface area (Å²) in [6.45, 7) is 7.83. The molecular weight excluding hydrogens is 518 g/mol. The maximum atomic E-state index is 13.1. The number of likely N-dealkylation sites (N-methyl/N-ethyl adjacent to an activating group) is 1. The van der Waals surface area contributed by atoms with Crippen molar-refractivity contribution < 1.29 is 9.53 Å². The summed E-state index contributed by atoms with van der Waals surface area (Å²) in [6, 6.07) is 7.27. The Morgan fingerprint density at radius 2 is 1.92 bits per heavy atom. The minimum Gasteiger partial charge on any atom is -0.478 e. The third kappa shape index (κ3) is 5.67. The van der Waals surface area contributed by atoms with Crippen molar-refractivity contribution in [2.75, 3.05) is 57.1 Å². The fourth-order valence-electron chi connectivity index (χ4n) is 5.71. The molecule has 0 aliphatic carbocycles. The number of piperidine rings is 1. The SMILES string of the molecule is CNC(=O)COc1cc2cc(Nc3nc(N4CCC5(CCN(C)C5)CC4)ncc3Cl)ccc2n(C(C)C)c1=O. The standard InChI is InChI=1S/C28H36ClN7O3/c1-18(2)36-22-6-5-20(13-19(22)14-23(26(36)38)39-16-24(37)30-3)32-25-21(29)15-31-27(33-25)35-11-8-28(9-12-35)7-10-34(4)17-28/h5-6,13-15,18H,7-12,16-17H2,1-4H3,(H,30,37)(H,31,32,33). The minimum atomic E-state index is -0.310. The van der Waals surface area contributed by atoms with Crippen LogP contribution in [0.3, 0.4) is 0 Å². The van der Waals surface area contributed by atoms with E-state index in [0.29, 0.717) is 22.2 Å². The molecule has 2 fully saturated rings. The number of carbonyl (C=O) groups excluding carboxylic acids is 1. The third-order valence-electron chi connectivity index (χ3n) is 7.89. The van der Waals surface area contributed by atoms with Crippen LogP contribution < -0.4 is 25.8 Å². The summed E-state index contributed by atoms with van der Waals surface area (Å²) in [5, 5.41) is 7.04. The van der Waals surface area contributed by atoms with Crippen LogP contribution in [-0.2, 0) is 4.79 Å². The highest BCUT2D eigenvalue weighted by Gasteiger charge is 2.39.